The lowest BCUT2D eigenvalue weighted by molar-refractivity contribution is -0.606. The fourth-order valence-corrected chi connectivity index (χ4v) is 5.20. The van der Waals surface area contributed by atoms with Crippen molar-refractivity contribution in [2.45, 2.75) is 30.6 Å². The average Bonchev–Trinajstić information content (AvgIpc) is 3.06. The van der Waals surface area contributed by atoms with Gasteiger partial charge in [-0.15, -0.1) is 13.2 Å². The van der Waals surface area contributed by atoms with E-state index in [-0.39, 0.29) is 21.8 Å². The molecular formula is C23H17ClF3N3O6S. The molecule has 0 atom stereocenters. The van der Waals surface area contributed by atoms with Gasteiger partial charge in [0, 0.05) is 11.6 Å². The number of fused-ring (bicyclic) bond motifs is 1. The number of sulfonamides is 1. The molecule has 2 amide bonds. The van der Waals surface area contributed by atoms with Gasteiger partial charge in [-0.25, -0.2) is 8.42 Å². The largest absolute Gasteiger partial charge is 0.619 e. The second kappa shape index (κ2) is 8.92. The van der Waals surface area contributed by atoms with Gasteiger partial charge in [0.2, 0.25) is 0 Å². The number of alkyl halides is 3. The van der Waals surface area contributed by atoms with Gasteiger partial charge in [-0.05, 0) is 56.3 Å². The standard InChI is InChI=1S/C23H17ClF3N3O6S/c1-22(2,13-4-3-11-29(33)12-13)30-20(31)18-16(24)9-10-17(19(18)21(30)32)28-37(34,35)15-7-5-14(6-8-15)36-23(25,26)27/h3-12,28H,1-2H3. The van der Waals surface area contributed by atoms with E-state index in [1.807, 2.05) is 0 Å². The minimum atomic E-state index is -4.96. The minimum Gasteiger partial charge on any atom is -0.619 e. The molecule has 37 heavy (non-hydrogen) atoms. The number of benzene rings is 2. The number of nitrogens with one attached hydrogen (secondary N) is 1. The van der Waals surface area contributed by atoms with Gasteiger partial charge in [-0.3, -0.25) is 19.2 Å². The summed E-state index contributed by atoms with van der Waals surface area (Å²) in [6.45, 7) is 3.07. The molecule has 0 saturated carbocycles. The monoisotopic (exact) mass is 555 g/mol. The van der Waals surface area contributed by atoms with E-state index in [0.717, 1.165) is 29.2 Å². The maximum Gasteiger partial charge on any atom is 0.573 e. The summed E-state index contributed by atoms with van der Waals surface area (Å²) in [6, 6.07) is 8.81. The van der Waals surface area contributed by atoms with E-state index in [0.29, 0.717) is 10.3 Å². The summed E-state index contributed by atoms with van der Waals surface area (Å²) in [5, 5.41) is 11.7. The number of pyridine rings is 1. The van der Waals surface area contributed by atoms with Crippen LogP contribution in [0.2, 0.25) is 5.02 Å². The number of carbonyl (C=O) groups excluding carboxylic acids is 2. The molecule has 2 aromatic carbocycles. The van der Waals surface area contributed by atoms with Gasteiger partial charge in [0.25, 0.3) is 21.8 Å². The summed E-state index contributed by atoms with van der Waals surface area (Å²) in [7, 11) is -4.42. The molecule has 14 heteroatoms. The van der Waals surface area contributed by atoms with Crippen molar-refractivity contribution in [2.24, 2.45) is 0 Å². The summed E-state index contributed by atoms with van der Waals surface area (Å²) < 4.78 is 69.5. The molecule has 1 aliphatic heterocycles. The number of rotatable bonds is 6. The Hall–Kier alpha value is -3.84. The van der Waals surface area contributed by atoms with Crippen LogP contribution in [0.1, 0.15) is 40.1 Å². The summed E-state index contributed by atoms with van der Waals surface area (Å²) in [5.74, 6) is -2.29. The van der Waals surface area contributed by atoms with Crippen molar-refractivity contribution in [2.75, 3.05) is 4.72 Å². The number of ether oxygens (including phenoxy) is 1. The smallest absolute Gasteiger partial charge is 0.573 e. The Balaban J connectivity index is 1.71. The highest BCUT2D eigenvalue weighted by molar-refractivity contribution is 7.92. The third-order valence-corrected chi connectivity index (χ3v) is 7.34. The minimum absolute atomic E-state index is 0.102. The van der Waals surface area contributed by atoms with E-state index >= 15 is 0 Å². The molecule has 9 nitrogen and oxygen atoms in total. The van der Waals surface area contributed by atoms with Gasteiger partial charge in [0.15, 0.2) is 12.4 Å². The Bertz CT molecular complexity index is 1530. The van der Waals surface area contributed by atoms with Gasteiger partial charge in [-0.2, -0.15) is 4.73 Å². The van der Waals surface area contributed by atoms with Crippen LogP contribution in [0, 0.1) is 5.21 Å². The van der Waals surface area contributed by atoms with Crippen LogP contribution in [0.3, 0.4) is 0 Å². The zero-order valence-electron chi connectivity index (χ0n) is 19.0. The van der Waals surface area contributed by atoms with Crippen molar-refractivity contribution in [1.82, 2.24) is 4.90 Å². The molecule has 1 N–H and O–H groups in total. The highest BCUT2D eigenvalue weighted by Gasteiger charge is 2.48. The fourth-order valence-electron chi connectivity index (χ4n) is 3.89. The number of amides is 2. The van der Waals surface area contributed by atoms with Crippen molar-refractivity contribution in [3.63, 3.8) is 0 Å². The summed E-state index contributed by atoms with van der Waals surface area (Å²) in [5.41, 5.74) is -1.80. The maximum absolute atomic E-state index is 13.5. The molecule has 0 radical (unpaired) electrons. The number of nitrogens with zero attached hydrogens (tertiary/aromatic N) is 2. The van der Waals surface area contributed by atoms with E-state index in [4.69, 9.17) is 11.6 Å². The summed E-state index contributed by atoms with van der Waals surface area (Å²) in [4.78, 5) is 27.3. The Morgan fingerprint density at radius 3 is 2.22 bits per heavy atom. The van der Waals surface area contributed by atoms with Crippen LogP contribution in [0.25, 0.3) is 0 Å². The molecular weight excluding hydrogens is 539 g/mol. The molecule has 1 aromatic heterocycles. The van der Waals surface area contributed by atoms with Crippen LogP contribution >= 0.6 is 11.6 Å². The highest BCUT2D eigenvalue weighted by atomic mass is 35.5. The van der Waals surface area contributed by atoms with E-state index < -0.39 is 44.4 Å². The number of aromatic nitrogens is 1. The van der Waals surface area contributed by atoms with Crippen LogP contribution in [0.15, 0.2) is 65.8 Å². The van der Waals surface area contributed by atoms with Crippen LogP contribution in [-0.2, 0) is 15.6 Å². The number of carbonyl (C=O) groups is 2. The quantitative estimate of drug-likeness (QED) is 0.276. The number of imide groups is 1. The lowest BCUT2D eigenvalue weighted by atomic mass is 9.93. The first-order chi connectivity index (χ1) is 17.1. The van der Waals surface area contributed by atoms with Crippen LogP contribution < -0.4 is 14.2 Å². The van der Waals surface area contributed by atoms with Crippen LogP contribution in [-0.4, -0.2) is 31.5 Å². The molecule has 0 bridgehead atoms. The van der Waals surface area contributed by atoms with Gasteiger partial charge < -0.3 is 9.94 Å². The third-order valence-electron chi connectivity index (χ3n) is 5.64. The summed E-state index contributed by atoms with van der Waals surface area (Å²) >= 11 is 6.21. The molecule has 194 valence electrons. The summed E-state index contributed by atoms with van der Waals surface area (Å²) in [6.07, 6.45) is -2.53. The first-order valence-electron chi connectivity index (χ1n) is 10.4. The molecule has 0 fully saturated rings. The normalized spacial score (nSPS) is 14.1. The number of anilines is 1. The molecule has 0 unspecified atom stereocenters. The van der Waals surface area contributed by atoms with Crippen LogP contribution in [0.5, 0.6) is 5.75 Å². The fraction of sp³-hybridized carbons (Fsp3) is 0.174. The Labute approximate surface area is 213 Å². The van der Waals surface area contributed by atoms with E-state index in [9.17, 15) is 36.4 Å². The molecule has 0 spiro atoms. The van der Waals surface area contributed by atoms with Crippen molar-refractivity contribution in [1.29, 1.82) is 0 Å². The molecule has 1 aliphatic rings. The SMILES string of the molecule is CC(C)(c1ccc[n+]([O-])c1)N1C(=O)c2c(Cl)ccc(NS(=O)(=O)c3ccc(OC(F)(F)F)cc3)c2C1=O. The van der Waals surface area contributed by atoms with Crippen molar-refractivity contribution in [3.05, 3.63) is 87.8 Å². The number of hydrogen-bond acceptors (Lipinski definition) is 6. The predicted molar refractivity (Wildman–Crippen MR) is 124 cm³/mol. The van der Waals surface area contributed by atoms with Gasteiger partial charge in [-0.1, -0.05) is 11.6 Å². The zero-order chi connectivity index (χ0) is 27.3. The Morgan fingerprint density at radius 1 is 1.00 bits per heavy atom. The second-order valence-corrected chi connectivity index (χ2v) is 10.5. The van der Waals surface area contributed by atoms with Crippen molar-refractivity contribution < 1.29 is 40.6 Å². The Kier molecular flexibility index (Phi) is 6.32. The van der Waals surface area contributed by atoms with Crippen molar-refractivity contribution >= 4 is 39.1 Å². The molecule has 3 aromatic rings. The first kappa shape index (κ1) is 26.2. The van der Waals surface area contributed by atoms with Gasteiger partial charge in [0.05, 0.1) is 32.3 Å². The molecule has 0 aliphatic carbocycles. The lowest BCUT2D eigenvalue weighted by Gasteiger charge is -2.33. The average molecular weight is 556 g/mol. The predicted octanol–water partition coefficient (Wildman–Crippen LogP) is 4.20. The number of hydrogen-bond donors (Lipinski definition) is 1. The zero-order valence-corrected chi connectivity index (χ0v) is 20.6. The molecule has 0 saturated heterocycles. The highest BCUT2D eigenvalue weighted by Crippen LogP contribution is 2.41. The van der Waals surface area contributed by atoms with E-state index in [1.165, 1.54) is 44.4 Å². The molecule has 4 rings (SSSR count). The van der Waals surface area contributed by atoms with Gasteiger partial charge >= 0.3 is 6.36 Å². The third kappa shape index (κ3) is 4.91. The van der Waals surface area contributed by atoms with Crippen LogP contribution in [0.4, 0.5) is 18.9 Å². The first-order valence-corrected chi connectivity index (χ1v) is 12.3. The van der Waals surface area contributed by atoms with E-state index in [2.05, 4.69) is 9.46 Å². The maximum atomic E-state index is 13.5. The lowest BCUT2D eigenvalue weighted by Crippen LogP contribution is -2.46. The van der Waals surface area contributed by atoms with Gasteiger partial charge in [0.1, 0.15) is 5.75 Å². The van der Waals surface area contributed by atoms with Crippen molar-refractivity contribution in [3.8, 4) is 5.75 Å². The Morgan fingerprint density at radius 2 is 1.62 bits per heavy atom. The molecule has 2 heterocycles. The van der Waals surface area contributed by atoms with E-state index in [1.54, 1.807) is 6.07 Å². The topological polar surface area (TPSA) is 120 Å². The second-order valence-electron chi connectivity index (χ2n) is 8.43. The number of halogens is 4.